The van der Waals surface area contributed by atoms with Crippen molar-refractivity contribution in [3.05, 3.63) is 63.6 Å². The minimum atomic E-state index is -0.154. The normalized spacial score (nSPS) is 10.9. The van der Waals surface area contributed by atoms with E-state index in [1.807, 2.05) is 0 Å². The van der Waals surface area contributed by atoms with Crippen LogP contribution in [0.5, 0.6) is 11.5 Å². The maximum Gasteiger partial charge on any atom is 0.185 e. The van der Waals surface area contributed by atoms with Gasteiger partial charge in [-0.15, -0.1) is 0 Å². The summed E-state index contributed by atoms with van der Waals surface area (Å²) < 4.78 is 5.29. The number of ether oxygens (including phenoxy) is 1. The van der Waals surface area contributed by atoms with Gasteiger partial charge in [0, 0.05) is 10.6 Å². The van der Waals surface area contributed by atoms with E-state index in [4.69, 9.17) is 27.9 Å². The Balaban J connectivity index is 2.22. The molecule has 5 heteroatoms. The molecule has 0 radical (unpaired) electrons. The predicted octanol–water partition coefficient (Wildman–Crippen LogP) is 4.99. The first-order chi connectivity index (χ1) is 10.5. The van der Waals surface area contributed by atoms with Crippen molar-refractivity contribution in [2.45, 2.75) is 6.92 Å². The Labute approximate surface area is 138 Å². The van der Waals surface area contributed by atoms with Crippen LogP contribution < -0.4 is 4.74 Å². The molecule has 0 unspecified atom stereocenters. The van der Waals surface area contributed by atoms with Crippen LogP contribution in [0.4, 0.5) is 0 Å². The van der Waals surface area contributed by atoms with E-state index in [1.165, 1.54) is 6.08 Å². The number of phenolic OH excluding ortho intramolecular Hbond substituents is 1. The Morgan fingerprint density at radius 3 is 2.55 bits per heavy atom. The molecule has 2 rings (SSSR count). The number of allylic oxidation sites excluding steroid dienone is 1. The van der Waals surface area contributed by atoms with Crippen LogP contribution in [0.15, 0.2) is 42.5 Å². The molecule has 1 N–H and O–H groups in total. The third-order valence-corrected chi connectivity index (χ3v) is 3.45. The van der Waals surface area contributed by atoms with E-state index in [0.29, 0.717) is 22.8 Å². The fourth-order valence-electron chi connectivity index (χ4n) is 1.84. The lowest BCUT2D eigenvalue weighted by Gasteiger charge is -2.08. The standard InChI is InChI=1S/C17H14Cl2O3/c1-2-22-16-10-11(9-14(19)17(16)21)3-8-15(20)12-4-6-13(18)7-5-12/h3-10,21H,2H2,1H3. The zero-order chi connectivity index (χ0) is 16.1. The average molecular weight is 337 g/mol. The van der Waals surface area contributed by atoms with Crippen LogP contribution in [0.2, 0.25) is 10.0 Å². The first kappa shape index (κ1) is 16.4. The molecule has 0 aliphatic heterocycles. The molecule has 114 valence electrons. The molecule has 0 spiro atoms. The van der Waals surface area contributed by atoms with Crippen LogP contribution in [0, 0.1) is 0 Å². The number of ketones is 1. The van der Waals surface area contributed by atoms with Gasteiger partial charge in [-0.2, -0.15) is 0 Å². The number of phenols is 1. The maximum absolute atomic E-state index is 12.0. The summed E-state index contributed by atoms with van der Waals surface area (Å²) in [6, 6.07) is 9.82. The number of carbonyl (C=O) groups is 1. The van der Waals surface area contributed by atoms with Crippen LogP contribution in [0.1, 0.15) is 22.8 Å². The molecule has 22 heavy (non-hydrogen) atoms. The number of hydrogen-bond donors (Lipinski definition) is 1. The van der Waals surface area contributed by atoms with Gasteiger partial charge in [-0.05, 0) is 55.0 Å². The highest BCUT2D eigenvalue weighted by atomic mass is 35.5. The summed E-state index contributed by atoms with van der Waals surface area (Å²) in [5.74, 6) is 0.0251. The molecule has 0 aromatic heterocycles. The van der Waals surface area contributed by atoms with Crippen LogP contribution in [0.25, 0.3) is 6.08 Å². The lowest BCUT2D eigenvalue weighted by atomic mass is 10.1. The van der Waals surface area contributed by atoms with Gasteiger partial charge in [-0.3, -0.25) is 4.79 Å². The van der Waals surface area contributed by atoms with E-state index in [1.54, 1.807) is 49.4 Å². The summed E-state index contributed by atoms with van der Waals surface area (Å²) in [7, 11) is 0. The van der Waals surface area contributed by atoms with Crippen molar-refractivity contribution in [1.29, 1.82) is 0 Å². The van der Waals surface area contributed by atoms with Gasteiger partial charge in [0.1, 0.15) is 0 Å². The lowest BCUT2D eigenvalue weighted by Crippen LogP contribution is -1.94. The lowest BCUT2D eigenvalue weighted by molar-refractivity contribution is 0.104. The molecule has 2 aromatic carbocycles. The summed E-state index contributed by atoms with van der Waals surface area (Å²) in [5, 5.41) is 10.5. The molecule has 0 fully saturated rings. The summed E-state index contributed by atoms with van der Waals surface area (Å²) >= 11 is 11.7. The second kappa shape index (κ2) is 7.34. The molecule has 3 nitrogen and oxygen atoms in total. The first-order valence-corrected chi connectivity index (χ1v) is 7.40. The number of hydrogen-bond acceptors (Lipinski definition) is 3. The molecular weight excluding hydrogens is 323 g/mol. The van der Waals surface area contributed by atoms with Crippen molar-refractivity contribution in [2.24, 2.45) is 0 Å². The van der Waals surface area contributed by atoms with E-state index in [2.05, 4.69) is 0 Å². The van der Waals surface area contributed by atoms with Crippen LogP contribution >= 0.6 is 23.2 Å². The van der Waals surface area contributed by atoms with Gasteiger partial charge in [0.2, 0.25) is 0 Å². The third kappa shape index (κ3) is 4.03. The highest BCUT2D eigenvalue weighted by Gasteiger charge is 2.09. The molecule has 0 atom stereocenters. The molecular formula is C17H14Cl2O3. The number of carbonyl (C=O) groups excluding carboxylic acids is 1. The smallest absolute Gasteiger partial charge is 0.185 e. The van der Waals surface area contributed by atoms with E-state index in [0.717, 1.165) is 0 Å². The van der Waals surface area contributed by atoms with Crippen molar-refractivity contribution in [1.82, 2.24) is 0 Å². The van der Waals surface area contributed by atoms with Crippen molar-refractivity contribution in [3.8, 4) is 11.5 Å². The molecule has 0 saturated heterocycles. The third-order valence-electron chi connectivity index (χ3n) is 2.91. The molecule has 0 heterocycles. The van der Waals surface area contributed by atoms with Gasteiger partial charge in [-0.1, -0.05) is 29.3 Å². The van der Waals surface area contributed by atoms with E-state index in [-0.39, 0.29) is 22.3 Å². The number of aromatic hydroxyl groups is 1. The Morgan fingerprint density at radius 1 is 1.23 bits per heavy atom. The largest absolute Gasteiger partial charge is 0.503 e. The fraction of sp³-hybridized carbons (Fsp3) is 0.118. The molecule has 2 aromatic rings. The summed E-state index contributed by atoms with van der Waals surface area (Å²) in [5.41, 5.74) is 1.20. The molecule has 0 aliphatic rings. The zero-order valence-corrected chi connectivity index (χ0v) is 13.4. The first-order valence-electron chi connectivity index (χ1n) is 6.64. The summed E-state index contributed by atoms with van der Waals surface area (Å²) in [6.07, 6.45) is 3.05. The Morgan fingerprint density at radius 2 is 1.91 bits per heavy atom. The van der Waals surface area contributed by atoms with Crippen LogP contribution in [0.3, 0.4) is 0 Å². The van der Waals surface area contributed by atoms with Gasteiger partial charge in [-0.25, -0.2) is 0 Å². The van der Waals surface area contributed by atoms with Crippen LogP contribution in [-0.4, -0.2) is 17.5 Å². The van der Waals surface area contributed by atoms with Crippen molar-refractivity contribution >= 4 is 35.1 Å². The predicted molar refractivity (Wildman–Crippen MR) is 89.1 cm³/mol. The minimum Gasteiger partial charge on any atom is -0.503 e. The highest BCUT2D eigenvalue weighted by Crippen LogP contribution is 2.35. The van der Waals surface area contributed by atoms with Crippen LogP contribution in [-0.2, 0) is 0 Å². The number of rotatable bonds is 5. The van der Waals surface area contributed by atoms with Gasteiger partial charge in [0.25, 0.3) is 0 Å². The van der Waals surface area contributed by atoms with E-state index < -0.39 is 0 Å². The second-order valence-corrected chi connectivity index (χ2v) is 5.33. The fourth-order valence-corrected chi connectivity index (χ4v) is 2.18. The molecule has 0 saturated carbocycles. The van der Waals surface area contributed by atoms with Crippen molar-refractivity contribution in [3.63, 3.8) is 0 Å². The van der Waals surface area contributed by atoms with E-state index >= 15 is 0 Å². The SMILES string of the molecule is CCOc1cc(C=CC(=O)c2ccc(Cl)cc2)cc(Cl)c1O. The second-order valence-electron chi connectivity index (χ2n) is 4.49. The molecule has 0 amide bonds. The quantitative estimate of drug-likeness (QED) is 0.617. The number of benzene rings is 2. The average Bonchev–Trinajstić information content (AvgIpc) is 2.50. The topological polar surface area (TPSA) is 46.5 Å². The van der Waals surface area contributed by atoms with Crippen molar-refractivity contribution in [2.75, 3.05) is 6.61 Å². The Bertz CT molecular complexity index is 707. The molecule has 0 aliphatic carbocycles. The van der Waals surface area contributed by atoms with E-state index in [9.17, 15) is 9.90 Å². The maximum atomic E-state index is 12.0. The van der Waals surface area contributed by atoms with Crippen molar-refractivity contribution < 1.29 is 14.6 Å². The molecule has 0 bridgehead atoms. The summed E-state index contributed by atoms with van der Waals surface area (Å²) in [4.78, 5) is 12.0. The Kier molecular flexibility index (Phi) is 5.47. The zero-order valence-electron chi connectivity index (χ0n) is 11.8. The van der Waals surface area contributed by atoms with Gasteiger partial charge < -0.3 is 9.84 Å². The monoisotopic (exact) mass is 336 g/mol. The number of halogens is 2. The Hall–Kier alpha value is -1.97. The van der Waals surface area contributed by atoms with Gasteiger partial charge >= 0.3 is 0 Å². The summed E-state index contributed by atoms with van der Waals surface area (Å²) in [6.45, 7) is 2.21. The van der Waals surface area contributed by atoms with Gasteiger partial charge in [0.05, 0.1) is 11.6 Å². The minimum absolute atomic E-state index is 0.107. The highest BCUT2D eigenvalue weighted by molar-refractivity contribution is 6.32. The van der Waals surface area contributed by atoms with Gasteiger partial charge in [0.15, 0.2) is 17.3 Å².